The number of pyridine rings is 2. The van der Waals surface area contributed by atoms with Gasteiger partial charge in [0.05, 0.1) is 0 Å². The van der Waals surface area contributed by atoms with Gasteiger partial charge in [0.25, 0.3) is 0 Å². The Kier molecular flexibility index (Phi) is 7.20. The van der Waals surface area contributed by atoms with Crippen LogP contribution in [0.1, 0.15) is 26.3 Å². The monoisotopic (exact) mass is 638 g/mol. The van der Waals surface area contributed by atoms with Crippen molar-refractivity contribution in [2.24, 2.45) is 0 Å². The molecule has 0 atom stereocenters. The Morgan fingerprint density at radius 1 is 0.857 bits per heavy atom. The molecular weight excluding hydrogens is 615 g/mol. The zero-order chi connectivity index (χ0) is 23.5. The van der Waals surface area contributed by atoms with Crippen LogP contribution in [0, 0.1) is 6.20 Å². The van der Waals surface area contributed by atoms with Crippen molar-refractivity contribution in [3.63, 3.8) is 0 Å². The summed E-state index contributed by atoms with van der Waals surface area (Å²) < 4.78 is 5.35. The molecule has 0 N–H and O–H groups in total. The number of benzene rings is 2. The maximum absolute atomic E-state index is 5.35. The largest absolute Gasteiger partial charge is 0.574 e. The normalized spacial score (nSPS) is 11.1. The molecule has 6 nitrogen and oxygen atoms in total. The maximum Gasteiger partial charge on any atom is 0.157 e. The predicted octanol–water partition coefficient (Wildman–Crippen LogP) is 6.24. The third-order valence-corrected chi connectivity index (χ3v) is 5.58. The van der Waals surface area contributed by atoms with Gasteiger partial charge in [0.15, 0.2) is 5.58 Å². The fraction of sp³-hybridized carbons (Fsp3) is 0.143. The zero-order valence-electron chi connectivity index (χ0n) is 19.6. The van der Waals surface area contributed by atoms with E-state index in [2.05, 4.69) is 58.4 Å². The van der Waals surface area contributed by atoms with Gasteiger partial charge in [0.2, 0.25) is 0 Å². The van der Waals surface area contributed by atoms with Crippen molar-refractivity contribution in [3.8, 4) is 22.6 Å². The number of hydrogen-bond acceptors (Lipinski definition) is 5. The van der Waals surface area contributed by atoms with Crippen LogP contribution in [0.25, 0.3) is 44.4 Å². The zero-order valence-corrected chi connectivity index (χ0v) is 22.0. The molecule has 6 rings (SSSR count). The smallest absolute Gasteiger partial charge is 0.157 e. The van der Waals surface area contributed by atoms with Crippen LogP contribution in [0.5, 0.6) is 0 Å². The van der Waals surface area contributed by atoms with Gasteiger partial charge in [-0.15, -0.1) is 5.16 Å². The third-order valence-electron chi connectivity index (χ3n) is 5.58. The van der Waals surface area contributed by atoms with E-state index in [0.29, 0.717) is 0 Å². The Balaban J connectivity index is 0.000000165. The Hall–Kier alpha value is -3.67. The van der Waals surface area contributed by atoms with Gasteiger partial charge in [-0.3, -0.25) is 4.98 Å². The summed E-state index contributed by atoms with van der Waals surface area (Å²) in [5.74, 6) is 0. The molecule has 0 unspecified atom stereocenters. The van der Waals surface area contributed by atoms with Crippen molar-refractivity contribution in [2.45, 2.75) is 26.2 Å². The summed E-state index contributed by atoms with van der Waals surface area (Å²) in [6, 6.07) is 21.8. The Bertz CT molecular complexity index is 1530. The molecule has 7 heteroatoms. The van der Waals surface area contributed by atoms with Gasteiger partial charge in [0, 0.05) is 49.3 Å². The van der Waals surface area contributed by atoms with Crippen LogP contribution in [-0.2, 0) is 25.5 Å². The van der Waals surface area contributed by atoms with E-state index in [1.165, 1.54) is 5.56 Å². The quantitative estimate of drug-likeness (QED) is 0.209. The molecular formula is C28H23IrN5O-2. The second-order valence-corrected chi connectivity index (χ2v) is 8.96. The predicted molar refractivity (Wildman–Crippen MR) is 133 cm³/mol. The molecule has 35 heavy (non-hydrogen) atoms. The number of para-hydroxylation sites is 1. The molecule has 0 aliphatic heterocycles. The molecule has 177 valence electrons. The van der Waals surface area contributed by atoms with Gasteiger partial charge in [-0.1, -0.05) is 97.4 Å². The van der Waals surface area contributed by atoms with Crippen LogP contribution in [0.4, 0.5) is 0 Å². The summed E-state index contributed by atoms with van der Waals surface area (Å²) >= 11 is 0. The van der Waals surface area contributed by atoms with Crippen LogP contribution in [0.15, 0.2) is 89.8 Å². The second kappa shape index (κ2) is 10.3. The molecule has 0 spiro atoms. The molecule has 2 aromatic carbocycles. The topological polar surface area (TPSA) is 78.8 Å². The molecule has 0 saturated heterocycles. The second-order valence-electron chi connectivity index (χ2n) is 8.96. The van der Waals surface area contributed by atoms with Crippen molar-refractivity contribution >= 4 is 21.7 Å². The van der Waals surface area contributed by atoms with Gasteiger partial charge >= 0.3 is 0 Å². The molecule has 4 aromatic heterocycles. The first kappa shape index (κ1) is 24.5. The molecule has 0 aliphatic carbocycles. The van der Waals surface area contributed by atoms with Crippen molar-refractivity contribution in [1.82, 2.24) is 25.3 Å². The van der Waals surface area contributed by atoms with Gasteiger partial charge in [-0.2, -0.15) is 0 Å². The Labute approximate surface area is 217 Å². The minimum absolute atomic E-state index is 0. The fourth-order valence-electron chi connectivity index (χ4n) is 3.67. The molecule has 6 aromatic rings. The van der Waals surface area contributed by atoms with E-state index >= 15 is 0 Å². The molecule has 0 amide bonds. The summed E-state index contributed by atoms with van der Waals surface area (Å²) in [4.78, 5) is 8.55. The first-order valence-electron chi connectivity index (χ1n) is 11.0. The minimum Gasteiger partial charge on any atom is -0.574 e. The van der Waals surface area contributed by atoms with Crippen molar-refractivity contribution in [3.05, 3.63) is 97.1 Å². The van der Waals surface area contributed by atoms with Crippen molar-refractivity contribution in [2.75, 3.05) is 0 Å². The number of hydrogen-bond donors (Lipinski definition) is 0. The van der Waals surface area contributed by atoms with Gasteiger partial charge < -0.3 is 19.7 Å². The average molecular weight is 638 g/mol. The molecule has 4 heterocycles. The maximum atomic E-state index is 5.35. The first-order chi connectivity index (χ1) is 16.5. The van der Waals surface area contributed by atoms with Gasteiger partial charge in [0.1, 0.15) is 0 Å². The summed E-state index contributed by atoms with van der Waals surface area (Å²) in [5, 5.41) is 15.1. The average Bonchev–Trinajstić information content (AvgIpc) is 3.54. The summed E-state index contributed by atoms with van der Waals surface area (Å²) in [7, 11) is 0. The van der Waals surface area contributed by atoms with Gasteiger partial charge in [-0.25, -0.2) is 0 Å². The van der Waals surface area contributed by atoms with Crippen LogP contribution in [0.2, 0.25) is 0 Å². The van der Waals surface area contributed by atoms with Crippen molar-refractivity contribution < 1.29 is 24.6 Å². The van der Waals surface area contributed by atoms with E-state index in [9.17, 15) is 0 Å². The number of aromatic nitrogens is 5. The summed E-state index contributed by atoms with van der Waals surface area (Å²) in [6.07, 6.45) is 8.42. The standard InChI is InChI=1S/C16H9N2O.C12H14N3.Ir/c1-2-6-12-11(5-1)9-17-10-14(12)16-13-7-3-4-8-15(13)19-18-16;1-12(2,3)9-4-5-10(13-8-9)11-6-7-14-15-11;/h1-9H;4-8H,1-3H3;/q2*-1;. The van der Waals surface area contributed by atoms with E-state index in [-0.39, 0.29) is 25.5 Å². The fourth-order valence-corrected chi connectivity index (χ4v) is 3.67. The van der Waals surface area contributed by atoms with Crippen LogP contribution < -0.4 is 5.10 Å². The summed E-state index contributed by atoms with van der Waals surface area (Å²) in [5.41, 5.74) is 5.52. The molecule has 0 fully saturated rings. The third kappa shape index (κ3) is 5.21. The van der Waals surface area contributed by atoms with E-state index in [1.807, 2.05) is 66.9 Å². The number of nitrogens with zero attached hydrogens (tertiary/aromatic N) is 5. The molecule has 0 bridgehead atoms. The van der Waals surface area contributed by atoms with Crippen LogP contribution >= 0.6 is 0 Å². The first-order valence-corrected chi connectivity index (χ1v) is 11.0. The Morgan fingerprint density at radius 3 is 2.34 bits per heavy atom. The minimum atomic E-state index is 0. The molecule has 0 saturated carbocycles. The Morgan fingerprint density at radius 2 is 1.63 bits per heavy atom. The molecule has 1 radical (unpaired) electrons. The van der Waals surface area contributed by atoms with E-state index in [0.717, 1.165) is 44.4 Å². The van der Waals surface area contributed by atoms with Crippen LogP contribution in [0.3, 0.4) is 0 Å². The van der Waals surface area contributed by atoms with Crippen LogP contribution in [-0.4, -0.2) is 20.2 Å². The van der Waals surface area contributed by atoms with E-state index in [4.69, 9.17) is 4.52 Å². The summed E-state index contributed by atoms with van der Waals surface area (Å²) in [6.45, 7) is 6.52. The molecule has 0 aliphatic rings. The number of fused-ring (bicyclic) bond motifs is 2. The van der Waals surface area contributed by atoms with Crippen molar-refractivity contribution in [1.29, 1.82) is 0 Å². The SMILES string of the molecule is CC(C)(C)c1ccc(-c2ccn[n-]2)nc1.[Ir].[c-]1ncc2ccccc2c1-c1noc2ccccc12. The van der Waals surface area contributed by atoms with E-state index in [1.54, 1.807) is 12.4 Å². The van der Waals surface area contributed by atoms with E-state index < -0.39 is 0 Å². The number of rotatable bonds is 2. The van der Waals surface area contributed by atoms with Gasteiger partial charge in [-0.05, 0) is 35.5 Å².